The summed E-state index contributed by atoms with van der Waals surface area (Å²) in [5, 5.41) is 33.2. The fraction of sp³-hybridized carbons (Fsp3) is 0.690. The van der Waals surface area contributed by atoms with Crippen LogP contribution in [0.4, 0.5) is 0 Å². The molecule has 0 spiro atoms. The van der Waals surface area contributed by atoms with Crippen molar-refractivity contribution in [3.63, 3.8) is 0 Å². The maximum Gasteiger partial charge on any atom is 0.326 e. The van der Waals surface area contributed by atoms with E-state index in [2.05, 4.69) is 26.6 Å². The molecule has 1 saturated heterocycles. The van der Waals surface area contributed by atoms with Crippen molar-refractivity contribution in [3.05, 3.63) is 35.9 Å². The van der Waals surface area contributed by atoms with Gasteiger partial charge in [-0.1, -0.05) is 58.0 Å². The third-order valence-corrected chi connectivity index (χ3v) is 10.4. The summed E-state index contributed by atoms with van der Waals surface area (Å²) < 4.78 is 0. The number of amides is 6. The Kier molecular flexibility index (Phi) is 22.8. The molecule has 1 aliphatic heterocycles. The van der Waals surface area contributed by atoms with Crippen molar-refractivity contribution in [2.45, 2.75) is 154 Å². The van der Waals surface area contributed by atoms with E-state index in [0.29, 0.717) is 51.6 Å². The number of nitrogens with one attached hydrogen (secondary N) is 5. The van der Waals surface area contributed by atoms with Crippen LogP contribution in [0.2, 0.25) is 0 Å². The smallest absolute Gasteiger partial charge is 0.326 e. The molecule has 0 unspecified atom stereocenters. The number of unbranched alkanes of at least 4 members (excludes halogenated alkanes) is 2. The van der Waals surface area contributed by atoms with Gasteiger partial charge in [0.05, 0.1) is 6.10 Å². The number of carboxylic acids is 1. The fourth-order valence-electron chi connectivity index (χ4n) is 7.04. The normalized spacial score (nSPS) is 17.4. The van der Waals surface area contributed by atoms with Crippen LogP contribution in [0.25, 0.3) is 0 Å². The van der Waals surface area contributed by atoms with Crippen molar-refractivity contribution in [2.75, 3.05) is 19.6 Å². The molecule has 1 aliphatic rings. The van der Waals surface area contributed by atoms with Crippen molar-refractivity contribution in [1.82, 2.24) is 31.5 Å². The quantitative estimate of drug-likeness (QED) is 0.0515. The molecule has 18 heteroatoms. The van der Waals surface area contributed by atoms with Crippen molar-refractivity contribution in [2.24, 2.45) is 29.0 Å². The number of carbonyl (C=O) groups is 7. The molecule has 0 radical (unpaired) electrons. The average molecular weight is 846 g/mol. The Balaban J connectivity index is 2.41. The molecule has 0 saturated carbocycles. The van der Waals surface area contributed by atoms with Crippen LogP contribution in [-0.2, 0) is 40.0 Å². The lowest BCUT2D eigenvalue weighted by Crippen LogP contribution is -2.60. The molecule has 1 aromatic rings. The predicted molar refractivity (Wildman–Crippen MR) is 227 cm³/mol. The molecule has 60 heavy (non-hydrogen) atoms. The van der Waals surface area contributed by atoms with Gasteiger partial charge < -0.3 is 58.9 Å². The van der Waals surface area contributed by atoms with Crippen LogP contribution >= 0.6 is 0 Å². The number of carboxylic acid groups (broad SMARTS) is 1. The van der Waals surface area contributed by atoms with Crippen molar-refractivity contribution in [1.29, 1.82) is 0 Å². The minimum atomic E-state index is -1.28. The standard InChI is InChI=1S/C42H71N9O9/c1-25(2)22-31(48-40(57)35(45)27(5)52)38(55)47-29(16-9-11-19-43)36(53)46-30(17-10-12-20-44)37(54)49-32(24-28-14-7-6-8-15-28)41(58)51-21-13-18-34(51)39(56)50-33(42(59)60)23-26(3)4/h6-8,14-15,25-27,29-35,52H,9-13,16-24,43-45H2,1-5H3,(H,46,53)(H,47,55)(H,48,57)(H,49,54)(H,50,56)(H,59,60)/t27-,29+,30+,31+,32+,33+,34+,35+/m1/s1. The Morgan fingerprint density at radius 1 is 0.683 bits per heavy atom. The summed E-state index contributed by atoms with van der Waals surface area (Å²) in [6.45, 7) is 9.63. The predicted octanol–water partition coefficient (Wildman–Crippen LogP) is -0.213. The highest BCUT2D eigenvalue weighted by molar-refractivity contribution is 5.97. The van der Waals surface area contributed by atoms with Gasteiger partial charge in [-0.2, -0.15) is 0 Å². The second-order valence-corrected chi connectivity index (χ2v) is 16.6. The summed E-state index contributed by atoms with van der Waals surface area (Å²) in [5.41, 5.74) is 18.0. The molecule has 1 fully saturated rings. The molecule has 0 aliphatic carbocycles. The SMILES string of the molecule is CC(C)C[C@H](NC(=O)[C@@H]1CCCN1C(=O)[C@H](Cc1ccccc1)NC(=O)[C@H](CCCCN)NC(=O)[C@H](CCCCN)NC(=O)[C@H](CC(C)C)NC(=O)[C@@H](N)[C@@H](C)O)C(=O)O. The van der Waals surface area contributed by atoms with Gasteiger partial charge >= 0.3 is 5.97 Å². The number of rotatable bonds is 27. The van der Waals surface area contributed by atoms with Crippen LogP contribution in [0.5, 0.6) is 0 Å². The Labute approximate surface area is 354 Å². The topological polar surface area (TPSA) is 301 Å². The number of hydrogen-bond donors (Lipinski definition) is 10. The first-order valence-electron chi connectivity index (χ1n) is 21.3. The number of nitrogens with two attached hydrogens (primary N) is 3. The maximum atomic E-state index is 14.4. The molecular formula is C42H71N9O9. The largest absolute Gasteiger partial charge is 0.480 e. The molecule has 1 heterocycles. The zero-order valence-corrected chi connectivity index (χ0v) is 36.0. The van der Waals surface area contributed by atoms with E-state index in [1.54, 1.807) is 24.3 Å². The first-order valence-corrected chi connectivity index (χ1v) is 21.3. The highest BCUT2D eigenvalue weighted by Crippen LogP contribution is 2.21. The summed E-state index contributed by atoms with van der Waals surface area (Å²) >= 11 is 0. The summed E-state index contributed by atoms with van der Waals surface area (Å²) in [4.78, 5) is 95.9. The van der Waals surface area contributed by atoms with Crippen molar-refractivity contribution >= 4 is 41.4 Å². The minimum absolute atomic E-state index is 0.00993. The number of benzene rings is 1. The minimum Gasteiger partial charge on any atom is -0.480 e. The lowest BCUT2D eigenvalue weighted by molar-refractivity contribution is -0.145. The van der Waals surface area contributed by atoms with E-state index in [1.807, 2.05) is 33.8 Å². The molecule has 338 valence electrons. The number of carbonyl (C=O) groups excluding carboxylic acids is 6. The lowest BCUT2D eigenvalue weighted by Gasteiger charge is -2.31. The third kappa shape index (κ3) is 17.5. The summed E-state index contributed by atoms with van der Waals surface area (Å²) in [5.74, 6) is -5.07. The second-order valence-electron chi connectivity index (χ2n) is 16.6. The molecule has 1 aromatic carbocycles. The first-order chi connectivity index (χ1) is 28.4. The van der Waals surface area contributed by atoms with Gasteiger partial charge in [0.1, 0.15) is 42.3 Å². The number of aliphatic carboxylic acids is 1. The number of hydrogen-bond acceptors (Lipinski definition) is 11. The fourth-order valence-corrected chi connectivity index (χ4v) is 7.04. The molecule has 2 rings (SSSR count). The van der Waals surface area contributed by atoms with E-state index in [4.69, 9.17) is 17.2 Å². The zero-order chi connectivity index (χ0) is 44.9. The van der Waals surface area contributed by atoms with Crippen LogP contribution in [0.1, 0.15) is 104 Å². The highest BCUT2D eigenvalue weighted by atomic mass is 16.4. The van der Waals surface area contributed by atoms with Crippen LogP contribution in [0, 0.1) is 11.8 Å². The number of aliphatic hydroxyl groups excluding tert-OH is 1. The van der Waals surface area contributed by atoms with Gasteiger partial charge in [-0.25, -0.2) is 4.79 Å². The van der Waals surface area contributed by atoms with E-state index in [1.165, 1.54) is 11.8 Å². The van der Waals surface area contributed by atoms with Gasteiger partial charge in [-0.3, -0.25) is 28.8 Å². The Morgan fingerprint density at radius 3 is 1.65 bits per heavy atom. The number of aliphatic hydroxyl groups is 1. The lowest BCUT2D eigenvalue weighted by atomic mass is 10.0. The summed E-state index contributed by atoms with van der Waals surface area (Å²) in [6.07, 6.45) is 2.38. The van der Waals surface area contributed by atoms with Crippen LogP contribution in [-0.4, -0.2) is 125 Å². The van der Waals surface area contributed by atoms with Gasteiger partial charge in [-0.15, -0.1) is 0 Å². The van der Waals surface area contributed by atoms with Gasteiger partial charge in [0.25, 0.3) is 0 Å². The van der Waals surface area contributed by atoms with Gasteiger partial charge in [0, 0.05) is 13.0 Å². The summed E-state index contributed by atoms with van der Waals surface area (Å²) in [7, 11) is 0. The van der Waals surface area contributed by atoms with Crippen molar-refractivity contribution in [3.8, 4) is 0 Å². The van der Waals surface area contributed by atoms with Gasteiger partial charge in [0.2, 0.25) is 35.4 Å². The molecule has 8 atom stereocenters. The molecular weight excluding hydrogens is 775 g/mol. The Bertz CT molecular complexity index is 1550. The van der Waals surface area contributed by atoms with Gasteiger partial charge in [0.15, 0.2) is 0 Å². The van der Waals surface area contributed by atoms with E-state index in [-0.39, 0.29) is 50.5 Å². The highest BCUT2D eigenvalue weighted by Gasteiger charge is 2.40. The Morgan fingerprint density at radius 2 is 1.17 bits per heavy atom. The van der Waals surface area contributed by atoms with E-state index >= 15 is 0 Å². The Hall–Kier alpha value is -4.65. The molecule has 13 N–H and O–H groups in total. The summed E-state index contributed by atoms with van der Waals surface area (Å²) in [6, 6.07) is 1.07. The zero-order valence-electron chi connectivity index (χ0n) is 36.0. The molecule has 18 nitrogen and oxygen atoms in total. The number of likely N-dealkylation sites (tertiary alicyclic amines) is 1. The van der Waals surface area contributed by atoms with Crippen LogP contribution in [0.3, 0.4) is 0 Å². The third-order valence-electron chi connectivity index (χ3n) is 10.4. The molecule has 0 bridgehead atoms. The maximum absolute atomic E-state index is 14.4. The van der Waals surface area contributed by atoms with Gasteiger partial charge in [-0.05, 0) is 102 Å². The molecule has 0 aromatic heterocycles. The van der Waals surface area contributed by atoms with Crippen LogP contribution < -0.4 is 43.8 Å². The van der Waals surface area contributed by atoms with Crippen molar-refractivity contribution < 1.29 is 43.8 Å². The second kappa shape index (κ2) is 26.5. The van der Waals surface area contributed by atoms with E-state index in [0.717, 1.165) is 5.56 Å². The average Bonchev–Trinajstić information content (AvgIpc) is 3.69. The first kappa shape index (κ1) is 51.5. The van der Waals surface area contributed by atoms with E-state index in [9.17, 15) is 43.8 Å². The monoisotopic (exact) mass is 846 g/mol. The number of nitrogens with zero attached hydrogens (tertiary/aromatic N) is 1. The van der Waals surface area contributed by atoms with E-state index < -0.39 is 89.8 Å². The van der Waals surface area contributed by atoms with Crippen LogP contribution in [0.15, 0.2) is 30.3 Å². The molecule has 6 amide bonds.